The van der Waals surface area contributed by atoms with E-state index in [-0.39, 0.29) is 5.91 Å². The van der Waals surface area contributed by atoms with Crippen LogP contribution in [0.15, 0.2) is 65.2 Å². The summed E-state index contributed by atoms with van der Waals surface area (Å²) in [7, 11) is 3.73. The molecular weight excluding hydrogens is 480 g/mol. The fourth-order valence-corrected chi connectivity index (χ4v) is 4.79. The molecule has 5 rings (SSSR count). The molecule has 196 valence electrons. The first-order valence-electron chi connectivity index (χ1n) is 12.8. The number of likely N-dealkylation sites (tertiary alicyclic amines) is 1. The molecule has 1 fully saturated rings. The Bertz CT molecular complexity index is 1430. The minimum Gasteiger partial charge on any atom is -0.493 e. The van der Waals surface area contributed by atoms with E-state index in [9.17, 15) is 4.79 Å². The van der Waals surface area contributed by atoms with Gasteiger partial charge in [0.2, 0.25) is 11.7 Å². The number of rotatable bonds is 8. The van der Waals surface area contributed by atoms with Crippen LogP contribution in [0.25, 0.3) is 22.5 Å². The molecule has 38 heavy (non-hydrogen) atoms. The third-order valence-electron chi connectivity index (χ3n) is 6.99. The van der Waals surface area contributed by atoms with E-state index >= 15 is 0 Å². The van der Waals surface area contributed by atoms with Gasteiger partial charge in [-0.1, -0.05) is 29.4 Å². The highest BCUT2D eigenvalue weighted by atomic mass is 16.5. The molecule has 1 aliphatic rings. The molecule has 0 bridgehead atoms. The predicted octanol–water partition coefficient (Wildman–Crippen LogP) is 5.75. The summed E-state index contributed by atoms with van der Waals surface area (Å²) in [5.74, 6) is 2.18. The summed E-state index contributed by atoms with van der Waals surface area (Å²) in [6.45, 7) is 5.49. The molecule has 3 aromatic carbocycles. The monoisotopic (exact) mass is 512 g/mol. The summed E-state index contributed by atoms with van der Waals surface area (Å²) < 4.78 is 16.7. The zero-order chi connectivity index (χ0) is 26.6. The first kappa shape index (κ1) is 25.5. The first-order chi connectivity index (χ1) is 18.4. The van der Waals surface area contributed by atoms with Gasteiger partial charge in [-0.15, -0.1) is 0 Å². The van der Waals surface area contributed by atoms with Gasteiger partial charge in [-0.05, 0) is 80.4 Å². The van der Waals surface area contributed by atoms with E-state index in [0.717, 1.165) is 35.2 Å². The van der Waals surface area contributed by atoms with Gasteiger partial charge in [-0.25, -0.2) is 0 Å². The maximum atomic E-state index is 13.0. The molecule has 1 amide bonds. The van der Waals surface area contributed by atoms with Crippen molar-refractivity contribution in [2.24, 2.45) is 0 Å². The number of amides is 1. The van der Waals surface area contributed by atoms with E-state index in [2.05, 4.69) is 27.4 Å². The molecule has 0 saturated carbocycles. The van der Waals surface area contributed by atoms with Crippen LogP contribution in [0.5, 0.6) is 11.5 Å². The van der Waals surface area contributed by atoms with Crippen LogP contribution in [0, 0.1) is 13.8 Å². The van der Waals surface area contributed by atoms with Crippen molar-refractivity contribution in [3.8, 4) is 34.0 Å². The van der Waals surface area contributed by atoms with Crippen molar-refractivity contribution in [1.29, 1.82) is 0 Å². The number of carbonyl (C=O) groups is 1. The molecule has 1 N–H and O–H groups in total. The number of likely N-dealkylation sites (N-methyl/N-ethyl adjacent to an activating group) is 1. The van der Waals surface area contributed by atoms with Crippen LogP contribution < -0.4 is 14.8 Å². The molecule has 0 unspecified atom stereocenters. The van der Waals surface area contributed by atoms with E-state index in [1.54, 1.807) is 14.0 Å². The highest BCUT2D eigenvalue weighted by Gasteiger charge is 2.22. The van der Waals surface area contributed by atoms with Gasteiger partial charge in [0.05, 0.1) is 7.11 Å². The van der Waals surface area contributed by atoms with Gasteiger partial charge < -0.3 is 24.2 Å². The van der Waals surface area contributed by atoms with E-state index in [1.807, 2.05) is 67.6 Å². The number of hydrogen-bond acceptors (Lipinski definition) is 7. The lowest BCUT2D eigenvalue weighted by Crippen LogP contribution is -2.30. The van der Waals surface area contributed by atoms with Crippen molar-refractivity contribution in [1.82, 2.24) is 15.0 Å². The van der Waals surface area contributed by atoms with E-state index in [1.165, 1.54) is 6.42 Å². The molecule has 0 aliphatic carbocycles. The summed E-state index contributed by atoms with van der Waals surface area (Å²) in [6, 6.07) is 19.4. The molecule has 1 atom stereocenters. The third-order valence-corrected chi connectivity index (χ3v) is 6.99. The molecular formula is C30H32N4O4. The average molecular weight is 513 g/mol. The largest absolute Gasteiger partial charge is 0.493 e. The van der Waals surface area contributed by atoms with Crippen LogP contribution in [0.1, 0.15) is 34.7 Å². The number of nitrogens with one attached hydrogen (secondary N) is 1. The van der Waals surface area contributed by atoms with Gasteiger partial charge in [0.1, 0.15) is 6.61 Å². The van der Waals surface area contributed by atoms with Crippen LogP contribution >= 0.6 is 0 Å². The second kappa shape index (κ2) is 11.1. The molecule has 1 aliphatic heterocycles. The number of benzene rings is 3. The summed E-state index contributed by atoms with van der Waals surface area (Å²) in [4.78, 5) is 19.6. The third kappa shape index (κ3) is 5.55. The zero-order valence-electron chi connectivity index (χ0n) is 22.2. The summed E-state index contributed by atoms with van der Waals surface area (Å²) in [5, 5.41) is 6.97. The quantitative estimate of drug-likeness (QED) is 0.321. The zero-order valence-corrected chi connectivity index (χ0v) is 22.2. The highest BCUT2D eigenvalue weighted by molar-refractivity contribution is 6.04. The molecule has 2 heterocycles. The van der Waals surface area contributed by atoms with E-state index in [4.69, 9.17) is 14.0 Å². The highest BCUT2D eigenvalue weighted by Crippen LogP contribution is 2.32. The second-order valence-electron chi connectivity index (χ2n) is 9.65. The van der Waals surface area contributed by atoms with Gasteiger partial charge >= 0.3 is 0 Å². The van der Waals surface area contributed by atoms with Gasteiger partial charge in [0.15, 0.2) is 11.5 Å². The Morgan fingerprint density at radius 1 is 1.05 bits per heavy atom. The predicted molar refractivity (Wildman–Crippen MR) is 147 cm³/mol. The summed E-state index contributed by atoms with van der Waals surface area (Å²) in [5.41, 5.74) is 5.29. The number of hydrogen-bond donors (Lipinski definition) is 1. The Morgan fingerprint density at radius 3 is 2.50 bits per heavy atom. The lowest BCUT2D eigenvalue weighted by atomic mass is 9.97. The molecule has 0 spiro atoms. The molecule has 8 nitrogen and oxygen atoms in total. The number of carbonyl (C=O) groups excluding carboxylic acids is 1. The van der Waals surface area contributed by atoms with Crippen LogP contribution in [0.2, 0.25) is 0 Å². The maximum absolute atomic E-state index is 13.0. The number of ether oxygens (including phenoxy) is 2. The standard InChI is InChI=1S/C30H32N4O4/c1-19-16-23(29-31-20(2)38-33-29)11-13-26(19)21-7-9-22(10-8-21)30(35)32-24-12-14-27(36-4)28(17-24)37-18-25-6-5-15-34(25)3/h7-14,16-17,25H,5-6,15,18H2,1-4H3,(H,32,35)/t25-/m0/s1. The van der Waals surface area contributed by atoms with Crippen molar-refractivity contribution in [2.75, 3.05) is 32.6 Å². The van der Waals surface area contributed by atoms with Crippen LogP contribution in [0.3, 0.4) is 0 Å². The lowest BCUT2D eigenvalue weighted by molar-refractivity contribution is 0.102. The minimum atomic E-state index is -0.192. The molecule has 0 radical (unpaired) electrons. The number of aromatic nitrogens is 2. The first-order valence-corrected chi connectivity index (χ1v) is 12.8. The van der Waals surface area contributed by atoms with E-state index < -0.39 is 0 Å². The molecule has 4 aromatic rings. The molecule has 8 heteroatoms. The van der Waals surface area contributed by atoms with Crippen molar-refractivity contribution in [3.05, 3.63) is 77.7 Å². The van der Waals surface area contributed by atoms with Gasteiger partial charge in [-0.2, -0.15) is 4.98 Å². The number of nitrogens with zero attached hydrogens (tertiary/aromatic N) is 3. The maximum Gasteiger partial charge on any atom is 0.255 e. The normalized spacial score (nSPS) is 15.4. The molecule has 1 aromatic heterocycles. The number of methoxy groups -OCH3 is 1. The lowest BCUT2D eigenvalue weighted by Gasteiger charge is -2.21. The van der Waals surface area contributed by atoms with Crippen LogP contribution in [-0.4, -0.2) is 54.3 Å². The van der Waals surface area contributed by atoms with Crippen molar-refractivity contribution >= 4 is 11.6 Å². The Morgan fingerprint density at radius 2 is 1.84 bits per heavy atom. The van der Waals surface area contributed by atoms with Crippen molar-refractivity contribution in [2.45, 2.75) is 32.7 Å². The average Bonchev–Trinajstić information content (AvgIpc) is 3.55. The van der Waals surface area contributed by atoms with Crippen molar-refractivity contribution < 1.29 is 18.8 Å². The van der Waals surface area contributed by atoms with Gasteiger partial charge in [-0.3, -0.25) is 4.79 Å². The topological polar surface area (TPSA) is 89.7 Å². The minimum absolute atomic E-state index is 0.192. The van der Waals surface area contributed by atoms with Crippen LogP contribution in [0.4, 0.5) is 5.69 Å². The summed E-state index contributed by atoms with van der Waals surface area (Å²) >= 11 is 0. The fourth-order valence-electron chi connectivity index (χ4n) is 4.79. The Balaban J connectivity index is 1.27. The van der Waals surface area contributed by atoms with E-state index in [0.29, 0.717) is 47.1 Å². The van der Waals surface area contributed by atoms with Gasteiger partial charge in [0, 0.05) is 35.8 Å². The van der Waals surface area contributed by atoms with Crippen molar-refractivity contribution in [3.63, 3.8) is 0 Å². The van der Waals surface area contributed by atoms with Crippen LogP contribution in [-0.2, 0) is 0 Å². The Hall–Kier alpha value is -4.17. The smallest absolute Gasteiger partial charge is 0.255 e. The Kier molecular flexibility index (Phi) is 7.42. The SMILES string of the molecule is COc1ccc(NC(=O)c2ccc(-c3ccc(-c4noc(C)n4)cc3C)cc2)cc1OC[C@@H]1CCCN1C. The Labute approximate surface area is 222 Å². The molecule has 1 saturated heterocycles. The number of aryl methyl sites for hydroxylation is 2. The van der Waals surface area contributed by atoms with Gasteiger partial charge in [0.25, 0.3) is 5.91 Å². The summed E-state index contributed by atoms with van der Waals surface area (Å²) in [6.07, 6.45) is 2.30. The number of anilines is 1. The fraction of sp³-hybridized carbons (Fsp3) is 0.300. The second-order valence-corrected chi connectivity index (χ2v) is 9.65.